The number of anilines is 2. The molecule has 20 heavy (non-hydrogen) atoms. The second-order valence-corrected chi connectivity index (χ2v) is 5.85. The molecule has 0 saturated carbocycles. The Morgan fingerprint density at radius 1 is 1.30 bits per heavy atom. The van der Waals surface area contributed by atoms with E-state index in [-0.39, 0.29) is 5.91 Å². The average molecular weight is 296 g/mol. The minimum absolute atomic E-state index is 0.125. The van der Waals surface area contributed by atoms with Gasteiger partial charge in [-0.2, -0.15) is 0 Å². The van der Waals surface area contributed by atoms with Gasteiger partial charge >= 0.3 is 0 Å². The summed E-state index contributed by atoms with van der Waals surface area (Å²) in [7, 11) is 0. The van der Waals surface area contributed by atoms with Gasteiger partial charge in [-0.15, -0.1) is 0 Å². The Morgan fingerprint density at radius 2 is 2.00 bits per heavy atom. The smallest absolute Gasteiger partial charge is 0.228 e. The van der Waals surface area contributed by atoms with Crippen molar-refractivity contribution in [2.45, 2.75) is 13.3 Å². The van der Waals surface area contributed by atoms with Crippen LogP contribution in [0, 0.1) is 5.92 Å². The Hall–Kier alpha value is -1.33. The fourth-order valence-corrected chi connectivity index (χ4v) is 2.87. The number of hydrogen-bond donors (Lipinski definition) is 0. The van der Waals surface area contributed by atoms with Gasteiger partial charge in [0.2, 0.25) is 5.91 Å². The maximum Gasteiger partial charge on any atom is 0.228 e. The highest BCUT2D eigenvalue weighted by atomic mass is 35.5. The number of morpholine rings is 1. The predicted octanol–water partition coefficient (Wildman–Crippen LogP) is 1.94. The second kappa shape index (κ2) is 5.58. The molecule has 0 bridgehead atoms. The SMILES string of the molecule is C[C@@H]1CC(=O)N(c2cc(Cl)cc(N3CCOCC3)n2)C1. The first-order chi connectivity index (χ1) is 9.63. The van der Waals surface area contributed by atoms with Crippen LogP contribution in [0.1, 0.15) is 13.3 Å². The third kappa shape index (κ3) is 2.74. The molecule has 1 amide bonds. The highest BCUT2D eigenvalue weighted by Crippen LogP contribution is 2.28. The number of pyridine rings is 1. The minimum atomic E-state index is 0.125. The topological polar surface area (TPSA) is 45.7 Å². The van der Waals surface area contributed by atoms with Gasteiger partial charge in [0.05, 0.1) is 13.2 Å². The monoisotopic (exact) mass is 295 g/mol. The van der Waals surface area contributed by atoms with E-state index in [9.17, 15) is 4.79 Å². The van der Waals surface area contributed by atoms with Crippen LogP contribution in [0.25, 0.3) is 0 Å². The van der Waals surface area contributed by atoms with Crippen molar-refractivity contribution in [2.24, 2.45) is 5.92 Å². The summed E-state index contributed by atoms with van der Waals surface area (Å²) in [5.41, 5.74) is 0. The Bertz CT molecular complexity index is 517. The van der Waals surface area contributed by atoms with Gasteiger partial charge < -0.3 is 9.64 Å². The van der Waals surface area contributed by atoms with Crippen LogP contribution in [-0.2, 0) is 9.53 Å². The van der Waals surface area contributed by atoms with Crippen LogP contribution in [-0.4, -0.2) is 43.7 Å². The van der Waals surface area contributed by atoms with Gasteiger partial charge in [0.1, 0.15) is 11.6 Å². The molecule has 2 fully saturated rings. The number of rotatable bonds is 2. The molecule has 3 rings (SSSR count). The average Bonchev–Trinajstić information content (AvgIpc) is 2.78. The first kappa shape index (κ1) is 13.6. The van der Waals surface area contributed by atoms with Crippen LogP contribution in [0.15, 0.2) is 12.1 Å². The summed E-state index contributed by atoms with van der Waals surface area (Å²) < 4.78 is 5.35. The van der Waals surface area contributed by atoms with E-state index in [1.165, 1.54) is 0 Å². The number of carbonyl (C=O) groups excluding carboxylic acids is 1. The van der Waals surface area contributed by atoms with E-state index in [0.29, 0.717) is 42.9 Å². The van der Waals surface area contributed by atoms with E-state index in [1.54, 1.807) is 11.0 Å². The summed E-state index contributed by atoms with van der Waals surface area (Å²) in [5, 5.41) is 0.615. The van der Waals surface area contributed by atoms with Crippen LogP contribution in [0.3, 0.4) is 0 Å². The third-order valence-corrected chi connectivity index (χ3v) is 3.91. The van der Waals surface area contributed by atoms with Crippen molar-refractivity contribution < 1.29 is 9.53 Å². The molecule has 0 aliphatic carbocycles. The van der Waals surface area contributed by atoms with Gasteiger partial charge in [0.25, 0.3) is 0 Å². The summed E-state index contributed by atoms with van der Waals surface area (Å²) in [4.78, 5) is 20.5. The zero-order chi connectivity index (χ0) is 14.1. The van der Waals surface area contributed by atoms with Gasteiger partial charge in [0.15, 0.2) is 0 Å². The lowest BCUT2D eigenvalue weighted by Gasteiger charge is -2.29. The molecule has 108 valence electrons. The van der Waals surface area contributed by atoms with Gasteiger partial charge in [-0.05, 0) is 18.1 Å². The normalized spacial score (nSPS) is 23.5. The molecule has 2 aliphatic rings. The lowest BCUT2D eigenvalue weighted by atomic mass is 10.2. The number of nitrogens with zero attached hydrogens (tertiary/aromatic N) is 3. The van der Waals surface area contributed by atoms with Crippen LogP contribution in [0.2, 0.25) is 5.02 Å². The number of aromatic nitrogens is 1. The third-order valence-electron chi connectivity index (χ3n) is 3.69. The molecule has 3 heterocycles. The molecule has 0 radical (unpaired) electrons. The fourth-order valence-electron chi connectivity index (χ4n) is 2.67. The van der Waals surface area contributed by atoms with E-state index < -0.39 is 0 Å². The Kier molecular flexibility index (Phi) is 3.81. The molecule has 0 spiro atoms. The number of carbonyl (C=O) groups is 1. The quantitative estimate of drug-likeness (QED) is 0.836. The summed E-state index contributed by atoms with van der Waals surface area (Å²) in [6.45, 7) is 5.79. The zero-order valence-electron chi connectivity index (χ0n) is 11.5. The molecule has 5 nitrogen and oxygen atoms in total. The van der Waals surface area contributed by atoms with E-state index >= 15 is 0 Å². The van der Waals surface area contributed by atoms with E-state index in [4.69, 9.17) is 16.3 Å². The molecule has 0 N–H and O–H groups in total. The number of ether oxygens (including phenoxy) is 1. The zero-order valence-corrected chi connectivity index (χ0v) is 12.3. The molecule has 2 aliphatic heterocycles. The maximum absolute atomic E-state index is 12.0. The second-order valence-electron chi connectivity index (χ2n) is 5.41. The largest absolute Gasteiger partial charge is 0.378 e. The summed E-state index contributed by atoms with van der Waals surface area (Å²) >= 11 is 6.20. The van der Waals surface area contributed by atoms with Gasteiger partial charge in [0, 0.05) is 31.1 Å². The van der Waals surface area contributed by atoms with Gasteiger partial charge in [-0.25, -0.2) is 4.98 Å². The predicted molar refractivity (Wildman–Crippen MR) is 78.4 cm³/mol. The molecule has 6 heteroatoms. The van der Waals surface area contributed by atoms with Crippen LogP contribution >= 0.6 is 11.6 Å². The van der Waals surface area contributed by atoms with Crippen LogP contribution in [0.5, 0.6) is 0 Å². The van der Waals surface area contributed by atoms with E-state index in [2.05, 4.69) is 16.8 Å². The standard InChI is InChI=1S/C14H18ClN3O2/c1-10-6-14(19)18(9-10)13-8-11(15)7-12(16-13)17-2-4-20-5-3-17/h7-8,10H,2-6,9H2,1H3/t10-/m1/s1. The van der Waals surface area contributed by atoms with Crippen LogP contribution in [0.4, 0.5) is 11.6 Å². The van der Waals surface area contributed by atoms with Crippen molar-refractivity contribution in [3.63, 3.8) is 0 Å². The van der Waals surface area contributed by atoms with E-state index in [1.807, 2.05) is 6.07 Å². The molecule has 0 unspecified atom stereocenters. The van der Waals surface area contributed by atoms with Crippen molar-refractivity contribution in [1.29, 1.82) is 0 Å². The lowest BCUT2D eigenvalue weighted by molar-refractivity contribution is -0.117. The number of amides is 1. The molecule has 1 aromatic rings. The molecular formula is C14H18ClN3O2. The lowest BCUT2D eigenvalue weighted by Crippen LogP contribution is -2.37. The van der Waals surface area contributed by atoms with Crippen molar-refractivity contribution in [2.75, 3.05) is 42.6 Å². The van der Waals surface area contributed by atoms with E-state index in [0.717, 1.165) is 18.9 Å². The Labute approximate surface area is 123 Å². The molecule has 1 atom stereocenters. The molecule has 1 aromatic heterocycles. The Balaban J connectivity index is 1.88. The van der Waals surface area contributed by atoms with Gasteiger partial charge in [-0.1, -0.05) is 18.5 Å². The highest BCUT2D eigenvalue weighted by Gasteiger charge is 2.29. The fraction of sp³-hybridized carbons (Fsp3) is 0.571. The number of hydrogen-bond acceptors (Lipinski definition) is 4. The van der Waals surface area contributed by atoms with Gasteiger partial charge in [-0.3, -0.25) is 9.69 Å². The van der Waals surface area contributed by atoms with Crippen molar-refractivity contribution in [3.05, 3.63) is 17.2 Å². The summed E-state index contributed by atoms with van der Waals surface area (Å²) in [5.74, 6) is 1.98. The summed E-state index contributed by atoms with van der Waals surface area (Å²) in [6.07, 6.45) is 0.584. The summed E-state index contributed by atoms with van der Waals surface area (Å²) in [6, 6.07) is 3.61. The minimum Gasteiger partial charge on any atom is -0.378 e. The first-order valence-corrected chi connectivity index (χ1v) is 7.32. The van der Waals surface area contributed by atoms with Crippen molar-refractivity contribution >= 4 is 29.1 Å². The van der Waals surface area contributed by atoms with Crippen LogP contribution < -0.4 is 9.80 Å². The highest BCUT2D eigenvalue weighted by molar-refractivity contribution is 6.31. The molecule has 0 aromatic carbocycles. The molecule has 2 saturated heterocycles. The maximum atomic E-state index is 12.0. The Morgan fingerprint density at radius 3 is 2.65 bits per heavy atom. The van der Waals surface area contributed by atoms with Crippen molar-refractivity contribution in [1.82, 2.24) is 4.98 Å². The molecular weight excluding hydrogens is 278 g/mol. The number of halogens is 1. The van der Waals surface area contributed by atoms with Crippen molar-refractivity contribution in [3.8, 4) is 0 Å². The first-order valence-electron chi connectivity index (χ1n) is 6.94.